The van der Waals surface area contributed by atoms with E-state index in [1.807, 2.05) is 13.8 Å². The summed E-state index contributed by atoms with van der Waals surface area (Å²) in [5.41, 5.74) is 3.00. The SMILES string of the molecule is COc1nc(N(C)C)ncc1-n1nc(C(=O)O)c(C(Cc2cc(Cl)c(=O)n(C)c2)c2ccc(C#N)cc2)c1C(C)C. The minimum Gasteiger partial charge on any atom is -0.479 e. The normalized spacial score (nSPS) is 11.8. The van der Waals surface area contributed by atoms with Gasteiger partial charge in [-0.2, -0.15) is 15.3 Å². The molecule has 3 heterocycles. The molecule has 41 heavy (non-hydrogen) atoms. The molecule has 0 aliphatic carbocycles. The Morgan fingerprint density at radius 1 is 1.24 bits per heavy atom. The maximum Gasteiger partial charge on any atom is 0.356 e. The number of anilines is 1. The number of carboxylic acids is 1. The smallest absolute Gasteiger partial charge is 0.356 e. The summed E-state index contributed by atoms with van der Waals surface area (Å²) in [6, 6.07) is 10.7. The average molecular weight is 576 g/mol. The lowest BCUT2D eigenvalue weighted by molar-refractivity contribution is 0.0688. The molecule has 12 heteroatoms. The number of ether oxygens (including phenoxy) is 1. The summed E-state index contributed by atoms with van der Waals surface area (Å²) in [5, 5.41) is 24.4. The van der Waals surface area contributed by atoms with Crippen molar-refractivity contribution in [1.82, 2.24) is 24.3 Å². The molecule has 0 spiro atoms. The second-order valence-electron chi connectivity index (χ2n) is 10.1. The van der Waals surface area contributed by atoms with E-state index in [2.05, 4.69) is 21.1 Å². The number of nitriles is 1. The van der Waals surface area contributed by atoms with Crippen LogP contribution in [0.1, 0.15) is 64.1 Å². The largest absolute Gasteiger partial charge is 0.479 e. The van der Waals surface area contributed by atoms with Crippen LogP contribution in [0.2, 0.25) is 5.02 Å². The van der Waals surface area contributed by atoms with Crippen LogP contribution in [-0.4, -0.2) is 56.6 Å². The molecule has 4 aromatic rings. The summed E-state index contributed by atoms with van der Waals surface area (Å²) in [6.45, 7) is 3.90. The van der Waals surface area contributed by atoms with Crippen molar-refractivity contribution in [2.24, 2.45) is 7.05 Å². The molecule has 4 rings (SSSR count). The maximum atomic E-state index is 12.7. The highest BCUT2D eigenvalue weighted by Crippen LogP contribution is 2.39. The zero-order valence-electron chi connectivity index (χ0n) is 23.6. The van der Waals surface area contributed by atoms with Crippen LogP contribution in [0, 0.1) is 11.3 Å². The average Bonchev–Trinajstić information content (AvgIpc) is 3.35. The number of aryl methyl sites for hydroxylation is 1. The first kappa shape index (κ1) is 29.3. The Morgan fingerprint density at radius 3 is 2.46 bits per heavy atom. The molecular formula is C29H30ClN7O4. The minimum absolute atomic E-state index is 0.0599. The van der Waals surface area contributed by atoms with Crippen LogP contribution in [0.3, 0.4) is 0 Å². The highest BCUT2D eigenvalue weighted by molar-refractivity contribution is 6.30. The summed E-state index contributed by atoms with van der Waals surface area (Å²) >= 11 is 6.24. The van der Waals surface area contributed by atoms with E-state index in [9.17, 15) is 20.0 Å². The summed E-state index contributed by atoms with van der Waals surface area (Å²) in [4.78, 5) is 35.6. The molecule has 0 fully saturated rings. The van der Waals surface area contributed by atoms with E-state index >= 15 is 0 Å². The van der Waals surface area contributed by atoms with Gasteiger partial charge in [-0.15, -0.1) is 0 Å². The fraction of sp³-hybridized carbons (Fsp3) is 0.310. The molecule has 0 saturated carbocycles. The van der Waals surface area contributed by atoms with Gasteiger partial charge in [0, 0.05) is 38.8 Å². The molecule has 1 N–H and O–H groups in total. The van der Waals surface area contributed by atoms with E-state index in [1.54, 1.807) is 68.8 Å². The topological polar surface area (TPSA) is 139 Å². The molecule has 212 valence electrons. The minimum atomic E-state index is -1.21. The van der Waals surface area contributed by atoms with Gasteiger partial charge in [0.05, 0.1) is 30.6 Å². The zero-order chi connectivity index (χ0) is 30.0. The number of rotatable bonds is 9. The Morgan fingerprint density at radius 2 is 1.93 bits per heavy atom. The Kier molecular flexibility index (Phi) is 8.44. The van der Waals surface area contributed by atoms with Gasteiger partial charge in [0.1, 0.15) is 10.7 Å². The quantitative estimate of drug-likeness (QED) is 0.311. The number of aromatic nitrogens is 5. The molecule has 0 amide bonds. The predicted octanol–water partition coefficient (Wildman–Crippen LogP) is 4.16. The van der Waals surface area contributed by atoms with Crippen LogP contribution in [0.25, 0.3) is 5.69 Å². The second kappa shape index (κ2) is 11.8. The lowest BCUT2D eigenvalue weighted by Gasteiger charge is -2.22. The number of aromatic carboxylic acids is 1. The third-order valence-electron chi connectivity index (χ3n) is 6.68. The fourth-order valence-corrected chi connectivity index (χ4v) is 5.08. The number of hydrogen-bond donors (Lipinski definition) is 1. The number of carbonyl (C=O) groups is 1. The van der Waals surface area contributed by atoms with E-state index < -0.39 is 11.9 Å². The lowest BCUT2D eigenvalue weighted by Crippen LogP contribution is -2.19. The lowest BCUT2D eigenvalue weighted by atomic mass is 9.82. The fourth-order valence-electron chi connectivity index (χ4n) is 4.81. The van der Waals surface area contributed by atoms with Gasteiger partial charge in [-0.3, -0.25) is 4.79 Å². The van der Waals surface area contributed by atoms with Crippen molar-refractivity contribution in [3.8, 4) is 17.6 Å². The van der Waals surface area contributed by atoms with Crippen LogP contribution in [-0.2, 0) is 13.5 Å². The zero-order valence-corrected chi connectivity index (χ0v) is 24.3. The summed E-state index contributed by atoms with van der Waals surface area (Å²) < 4.78 is 8.50. The van der Waals surface area contributed by atoms with Gasteiger partial charge in [0.15, 0.2) is 5.69 Å². The van der Waals surface area contributed by atoms with Crippen molar-refractivity contribution in [2.45, 2.75) is 32.1 Å². The molecule has 0 bridgehead atoms. The predicted molar refractivity (Wildman–Crippen MR) is 154 cm³/mol. The van der Waals surface area contributed by atoms with E-state index in [-0.39, 0.29) is 28.1 Å². The molecule has 0 radical (unpaired) electrons. The van der Waals surface area contributed by atoms with Crippen LogP contribution in [0.15, 0.2) is 47.5 Å². The van der Waals surface area contributed by atoms with Gasteiger partial charge in [0.25, 0.3) is 5.56 Å². The number of methoxy groups -OCH3 is 1. The molecule has 0 aliphatic heterocycles. The van der Waals surface area contributed by atoms with Crippen molar-refractivity contribution in [1.29, 1.82) is 5.26 Å². The molecule has 11 nitrogen and oxygen atoms in total. The van der Waals surface area contributed by atoms with Crippen molar-refractivity contribution in [2.75, 3.05) is 26.1 Å². The first-order chi connectivity index (χ1) is 19.5. The molecule has 0 aliphatic rings. The van der Waals surface area contributed by atoms with Crippen molar-refractivity contribution in [3.63, 3.8) is 0 Å². The number of halogens is 1. The molecule has 0 saturated heterocycles. The summed E-state index contributed by atoms with van der Waals surface area (Å²) in [6.07, 6.45) is 3.54. The van der Waals surface area contributed by atoms with Crippen molar-refractivity contribution >= 4 is 23.5 Å². The monoisotopic (exact) mass is 575 g/mol. The van der Waals surface area contributed by atoms with E-state index in [1.165, 1.54) is 16.4 Å². The number of nitrogens with zero attached hydrogens (tertiary/aromatic N) is 7. The number of hydrogen-bond acceptors (Lipinski definition) is 8. The third-order valence-corrected chi connectivity index (χ3v) is 6.95. The number of benzene rings is 1. The van der Waals surface area contributed by atoms with Crippen molar-refractivity contribution < 1.29 is 14.6 Å². The van der Waals surface area contributed by atoms with Crippen LogP contribution in [0.5, 0.6) is 5.88 Å². The summed E-state index contributed by atoms with van der Waals surface area (Å²) in [7, 11) is 6.69. The van der Waals surface area contributed by atoms with Crippen molar-refractivity contribution in [3.05, 3.63) is 91.7 Å². The van der Waals surface area contributed by atoms with Crippen LogP contribution in [0.4, 0.5) is 5.95 Å². The number of pyridine rings is 1. The summed E-state index contributed by atoms with van der Waals surface area (Å²) in [5.74, 6) is -1.27. The Bertz CT molecular complexity index is 1680. The Balaban J connectivity index is 2.03. The Labute approximate surface area is 242 Å². The Hall–Kier alpha value is -4.69. The van der Waals surface area contributed by atoms with Gasteiger partial charge in [-0.1, -0.05) is 37.6 Å². The first-order valence-corrected chi connectivity index (χ1v) is 13.1. The third kappa shape index (κ3) is 5.78. The van der Waals surface area contributed by atoms with E-state index in [0.717, 1.165) is 11.1 Å². The second-order valence-corrected chi connectivity index (χ2v) is 10.5. The highest BCUT2D eigenvalue weighted by atomic mass is 35.5. The maximum absolute atomic E-state index is 12.7. The molecule has 3 aromatic heterocycles. The highest BCUT2D eigenvalue weighted by Gasteiger charge is 2.33. The molecule has 1 aromatic carbocycles. The molecule has 1 unspecified atom stereocenters. The van der Waals surface area contributed by atoms with Crippen LogP contribution < -0.4 is 15.2 Å². The van der Waals surface area contributed by atoms with Crippen LogP contribution >= 0.6 is 11.6 Å². The van der Waals surface area contributed by atoms with E-state index in [0.29, 0.717) is 34.9 Å². The van der Waals surface area contributed by atoms with Gasteiger partial charge in [-0.25, -0.2) is 14.5 Å². The number of carboxylic acid groups (broad SMARTS) is 1. The van der Waals surface area contributed by atoms with Gasteiger partial charge >= 0.3 is 5.97 Å². The standard InChI is InChI=1S/C29H30ClN7O4/c1-16(2)25-23(24(28(39)40)34-37(25)22-14-32-29(35(3)4)33-26(22)41-6)20(19-9-7-17(13-31)8-10-19)11-18-12-21(30)27(38)36(5)15-18/h7-10,12,14-16,20H,11H2,1-6H3,(H,39,40). The van der Waals surface area contributed by atoms with Gasteiger partial charge in [-0.05, 0) is 41.7 Å². The molecule has 1 atom stereocenters. The van der Waals surface area contributed by atoms with E-state index in [4.69, 9.17) is 16.3 Å². The molecular weight excluding hydrogens is 546 g/mol. The van der Waals surface area contributed by atoms with Gasteiger partial charge in [0.2, 0.25) is 11.8 Å². The van der Waals surface area contributed by atoms with Gasteiger partial charge < -0.3 is 19.3 Å². The first-order valence-electron chi connectivity index (χ1n) is 12.8.